The average Bonchev–Trinajstić information content (AvgIpc) is 3.59. The Hall–Kier alpha value is -5.26. The fraction of sp³-hybridized carbons (Fsp3) is 0.297. The fourth-order valence-corrected chi connectivity index (χ4v) is 6.82. The number of nitrogens with one attached hydrogen (secondary N) is 2. The molecule has 7 rings (SSSR count). The van der Waals surface area contributed by atoms with Gasteiger partial charge in [-0.3, -0.25) is 14.8 Å². The number of aromatic nitrogens is 2. The van der Waals surface area contributed by atoms with E-state index >= 15 is 0 Å². The van der Waals surface area contributed by atoms with Gasteiger partial charge in [-0.15, -0.1) is 0 Å². The highest BCUT2D eigenvalue weighted by molar-refractivity contribution is 6.10. The van der Waals surface area contributed by atoms with Gasteiger partial charge >= 0.3 is 11.9 Å². The number of methoxy groups -OCH3 is 1. The Kier molecular flexibility index (Phi) is 9.16. The first-order valence-electron chi connectivity index (χ1n) is 15.8. The molecule has 2 fully saturated rings. The first-order chi connectivity index (χ1) is 23.0. The molecule has 11 nitrogen and oxygen atoms in total. The second-order valence-electron chi connectivity index (χ2n) is 12.5. The number of amides is 1. The Bertz CT molecular complexity index is 1890. The Morgan fingerprint density at radius 3 is 2.38 bits per heavy atom. The van der Waals surface area contributed by atoms with Crippen LogP contribution in [0.3, 0.4) is 0 Å². The molecule has 1 aromatic heterocycles. The molecule has 248 valence electrons. The number of hydrogen-bond acceptors (Lipinski definition) is 7. The summed E-state index contributed by atoms with van der Waals surface area (Å²) in [7, 11) is 1.66. The lowest BCUT2D eigenvalue weighted by molar-refractivity contribution is -0.134. The van der Waals surface area contributed by atoms with Crippen LogP contribution in [-0.4, -0.2) is 75.6 Å². The van der Waals surface area contributed by atoms with Crippen LogP contribution in [0, 0.1) is 0 Å². The monoisotopic (exact) mass is 650 g/mol. The molecule has 1 spiro atoms. The predicted octanol–water partition coefficient (Wildman–Crippen LogP) is 5.44. The number of carboxylic acids is 2. The molecular weight excluding hydrogens is 612 g/mol. The third-order valence-corrected chi connectivity index (χ3v) is 9.02. The van der Waals surface area contributed by atoms with E-state index in [1.807, 2.05) is 18.2 Å². The zero-order valence-corrected chi connectivity index (χ0v) is 27.0. The van der Waals surface area contributed by atoms with E-state index < -0.39 is 17.4 Å². The van der Waals surface area contributed by atoms with Gasteiger partial charge in [0.05, 0.1) is 35.9 Å². The van der Waals surface area contributed by atoms with Gasteiger partial charge in [-0.25, -0.2) is 9.59 Å². The summed E-state index contributed by atoms with van der Waals surface area (Å²) in [6.45, 7) is 7.16. The summed E-state index contributed by atoms with van der Waals surface area (Å²) < 4.78 is 11.3. The van der Waals surface area contributed by atoms with Crippen molar-refractivity contribution in [3.05, 3.63) is 101 Å². The number of ether oxygens (including phenoxy) is 2. The summed E-state index contributed by atoms with van der Waals surface area (Å²) in [5.41, 5.74) is 6.90. The van der Waals surface area contributed by atoms with Crippen molar-refractivity contribution in [2.45, 2.75) is 50.4 Å². The van der Waals surface area contributed by atoms with Crippen LogP contribution in [0.25, 0.3) is 23.1 Å². The maximum absolute atomic E-state index is 13.0. The first kappa shape index (κ1) is 32.7. The maximum atomic E-state index is 13.0. The van der Waals surface area contributed by atoms with Crippen molar-refractivity contribution in [2.24, 2.45) is 0 Å². The molecule has 4 N–H and O–H groups in total. The van der Waals surface area contributed by atoms with Crippen LogP contribution in [0.15, 0.2) is 72.8 Å². The second kappa shape index (κ2) is 13.5. The molecule has 1 aliphatic carbocycles. The van der Waals surface area contributed by atoms with E-state index in [1.165, 1.54) is 5.56 Å². The van der Waals surface area contributed by atoms with E-state index in [9.17, 15) is 14.4 Å². The van der Waals surface area contributed by atoms with Crippen LogP contribution in [-0.2, 0) is 31.1 Å². The number of hydrogen-bond donors (Lipinski definition) is 4. The number of aliphatic carboxylic acids is 2. The molecule has 4 aromatic rings. The molecule has 3 aliphatic rings. The molecule has 1 saturated carbocycles. The van der Waals surface area contributed by atoms with Crippen LogP contribution >= 0.6 is 0 Å². The third kappa shape index (κ3) is 6.87. The highest BCUT2D eigenvalue weighted by Gasteiger charge is 2.65. The normalized spacial score (nSPS) is 23.2. The molecule has 1 amide bonds. The highest BCUT2D eigenvalue weighted by atomic mass is 16.5. The van der Waals surface area contributed by atoms with Crippen LogP contribution in [0.1, 0.15) is 54.1 Å². The van der Waals surface area contributed by atoms with Gasteiger partial charge in [0.2, 0.25) is 5.91 Å². The third-order valence-electron chi connectivity index (χ3n) is 9.02. The molecule has 3 heterocycles. The summed E-state index contributed by atoms with van der Waals surface area (Å²) in [5, 5.41) is 27.5. The molecule has 11 heteroatoms. The van der Waals surface area contributed by atoms with Gasteiger partial charge in [-0.1, -0.05) is 42.5 Å². The standard InChI is InChI=1S/C33H34N4O3.C4H4O4/c1-20-17-37(18-21(2)40-20)19-23-6-4-22(5-7-23)8-12-29-26-11-9-24(14-31(26)36-35-29)28-16-33(28)27-15-25(39-3)10-13-30(27)34-32(33)38;5-3(6)1-2-4(7)8/h4-15,20-21,28H,16-19H2,1-3H3,(H,34,38)(H,35,36);1-2H,(H,5,6)(H,7,8)/b12-8+;2-1+/t20-,21+,28-,33+;/m0./s1. The number of H-pyrrole nitrogens is 1. The van der Waals surface area contributed by atoms with Gasteiger partial charge in [-0.05, 0) is 72.9 Å². The number of carboxylic acid groups (broad SMARTS) is 2. The van der Waals surface area contributed by atoms with Crippen molar-refractivity contribution in [2.75, 3.05) is 25.5 Å². The molecular formula is C37H38N4O7. The molecule has 0 bridgehead atoms. The Morgan fingerprint density at radius 1 is 1.00 bits per heavy atom. The van der Waals surface area contributed by atoms with E-state index in [2.05, 4.69) is 88.9 Å². The van der Waals surface area contributed by atoms with Crippen molar-refractivity contribution >= 4 is 46.6 Å². The molecule has 2 aliphatic heterocycles. The number of fused-ring (bicyclic) bond motifs is 3. The van der Waals surface area contributed by atoms with Gasteiger partial charge in [0.1, 0.15) is 5.75 Å². The lowest BCUT2D eigenvalue weighted by atomic mass is 9.91. The van der Waals surface area contributed by atoms with Gasteiger partial charge in [0, 0.05) is 48.8 Å². The minimum atomic E-state index is -1.26. The van der Waals surface area contributed by atoms with Crippen molar-refractivity contribution in [1.82, 2.24) is 15.1 Å². The number of nitrogens with zero attached hydrogens (tertiary/aromatic N) is 2. The first-order valence-corrected chi connectivity index (χ1v) is 15.8. The topological polar surface area (TPSA) is 154 Å². The lowest BCUT2D eigenvalue weighted by Crippen LogP contribution is -2.44. The van der Waals surface area contributed by atoms with Crippen molar-refractivity contribution in [3.63, 3.8) is 0 Å². The van der Waals surface area contributed by atoms with Crippen LogP contribution in [0.2, 0.25) is 0 Å². The van der Waals surface area contributed by atoms with Gasteiger partial charge < -0.3 is 25.0 Å². The zero-order chi connectivity index (χ0) is 34.0. The zero-order valence-electron chi connectivity index (χ0n) is 27.0. The Balaban J connectivity index is 0.000000449. The predicted molar refractivity (Wildman–Crippen MR) is 182 cm³/mol. The van der Waals surface area contributed by atoms with Crippen molar-refractivity contribution in [3.8, 4) is 5.75 Å². The van der Waals surface area contributed by atoms with Crippen LogP contribution in [0.4, 0.5) is 5.69 Å². The van der Waals surface area contributed by atoms with Crippen molar-refractivity contribution < 1.29 is 34.1 Å². The van der Waals surface area contributed by atoms with Gasteiger partial charge in [0.15, 0.2) is 0 Å². The van der Waals surface area contributed by atoms with Crippen LogP contribution in [0.5, 0.6) is 5.75 Å². The van der Waals surface area contributed by atoms with Crippen LogP contribution < -0.4 is 10.1 Å². The van der Waals surface area contributed by atoms with E-state index in [-0.39, 0.29) is 24.0 Å². The lowest BCUT2D eigenvalue weighted by Gasteiger charge is -2.35. The number of anilines is 1. The molecule has 0 unspecified atom stereocenters. The fourth-order valence-electron chi connectivity index (χ4n) is 6.82. The SMILES string of the molecule is COc1ccc2c(c1)[C@@]1(C[C@H]1c1ccc3c(/C=C/c4ccc(CN5C[C@@H](C)O[C@@H](C)C5)cc4)n[nH]c3c1)C(=O)N2.O=C(O)/C=C/C(=O)O. The largest absolute Gasteiger partial charge is 0.497 e. The smallest absolute Gasteiger partial charge is 0.328 e. The maximum Gasteiger partial charge on any atom is 0.328 e. The minimum absolute atomic E-state index is 0.0779. The van der Waals surface area contributed by atoms with E-state index in [0.717, 1.165) is 70.8 Å². The number of carbonyl (C=O) groups excluding carboxylic acids is 1. The number of carbonyl (C=O) groups is 3. The number of rotatable bonds is 8. The molecule has 1 saturated heterocycles. The van der Waals surface area contributed by atoms with E-state index in [1.54, 1.807) is 7.11 Å². The molecule has 48 heavy (non-hydrogen) atoms. The Morgan fingerprint density at radius 2 is 1.71 bits per heavy atom. The average molecular weight is 651 g/mol. The van der Waals surface area contributed by atoms with E-state index in [4.69, 9.17) is 19.7 Å². The number of benzene rings is 3. The van der Waals surface area contributed by atoms with Crippen molar-refractivity contribution in [1.29, 1.82) is 0 Å². The highest BCUT2D eigenvalue weighted by Crippen LogP contribution is 2.65. The van der Waals surface area contributed by atoms with Gasteiger partial charge in [0.25, 0.3) is 0 Å². The van der Waals surface area contributed by atoms with Gasteiger partial charge in [-0.2, -0.15) is 5.10 Å². The number of morpholine rings is 1. The minimum Gasteiger partial charge on any atom is -0.497 e. The quantitative estimate of drug-likeness (QED) is 0.183. The summed E-state index contributed by atoms with van der Waals surface area (Å²) in [6.07, 6.45) is 6.63. The summed E-state index contributed by atoms with van der Waals surface area (Å²) in [4.78, 5) is 34.6. The molecule has 0 radical (unpaired) electrons. The molecule has 4 atom stereocenters. The summed E-state index contributed by atoms with van der Waals surface area (Å²) >= 11 is 0. The van der Waals surface area contributed by atoms with E-state index in [0.29, 0.717) is 12.2 Å². The summed E-state index contributed by atoms with van der Waals surface area (Å²) in [5.74, 6) is -1.53. The second-order valence-corrected chi connectivity index (χ2v) is 12.5. The molecule has 3 aromatic carbocycles. The summed E-state index contributed by atoms with van der Waals surface area (Å²) in [6, 6.07) is 21.0. The number of aromatic amines is 1. The Labute approximate surface area is 277 Å².